The maximum atomic E-state index is 12.3. The minimum absolute atomic E-state index is 0.0551. The van der Waals surface area contributed by atoms with Gasteiger partial charge in [0.25, 0.3) is 0 Å². The molecule has 4 nitrogen and oxygen atoms in total. The zero-order chi connectivity index (χ0) is 16.1. The van der Waals surface area contributed by atoms with Gasteiger partial charge in [0.1, 0.15) is 5.75 Å². The van der Waals surface area contributed by atoms with Crippen molar-refractivity contribution in [2.45, 2.75) is 31.7 Å². The predicted molar refractivity (Wildman–Crippen MR) is 91.9 cm³/mol. The van der Waals surface area contributed by atoms with Crippen LogP contribution in [0.5, 0.6) is 5.75 Å². The third-order valence-corrected chi connectivity index (χ3v) is 4.88. The van der Waals surface area contributed by atoms with Crippen LogP contribution in [0.1, 0.15) is 36.0 Å². The summed E-state index contributed by atoms with van der Waals surface area (Å²) in [7, 11) is 1.63. The number of hydrogen-bond donors (Lipinski definition) is 0. The Bertz CT molecular complexity index is 547. The van der Waals surface area contributed by atoms with Gasteiger partial charge in [-0.05, 0) is 63.0 Å². The molecule has 0 bridgehead atoms. The van der Waals surface area contributed by atoms with Crippen LogP contribution in [0.4, 0.5) is 0 Å². The fraction of sp³-hybridized carbons (Fsp3) is 0.526. The molecule has 2 fully saturated rings. The summed E-state index contributed by atoms with van der Waals surface area (Å²) in [5.74, 6) is 0.829. The normalized spacial score (nSPS) is 22.1. The van der Waals surface area contributed by atoms with Gasteiger partial charge in [-0.1, -0.05) is 0 Å². The fourth-order valence-corrected chi connectivity index (χ4v) is 3.53. The van der Waals surface area contributed by atoms with Crippen LogP contribution in [0, 0.1) is 0 Å². The van der Waals surface area contributed by atoms with Crippen LogP contribution in [-0.2, 0) is 0 Å². The molecule has 2 heterocycles. The van der Waals surface area contributed by atoms with Crippen molar-refractivity contribution in [2.75, 3.05) is 33.3 Å². The summed E-state index contributed by atoms with van der Waals surface area (Å²) in [4.78, 5) is 17.2. The Morgan fingerprint density at radius 1 is 1.17 bits per heavy atom. The molecule has 124 valence electrons. The lowest BCUT2D eigenvalue weighted by Crippen LogP contribution is -2.36. The topological polar surface area (TPSA) is 32.8 Å². The molecule has 1 aromatic rings. The minimum atomic E-state index is 0.0551. The predicted octanol–water partition coefficient (Wildman–Crippen LogP) is 2.95. The summed E-state index contributed by atoms with van der Waals surface area (Å²) in [6, 6.07) is 7.85. The highest BCUT2D eigenvalue weighted by molar-refractivity contribution is 6.04. The number of allylic oxidation sites excluding steroid dienone is 1. The van der Waals surface area contributed by atoms with E-state index in [9.17, 15) is 4.79 Å². The molecule has 0 N–H and O–H groups in total. The van der Waals surface area contributed by atoms with Crippen LogP contribution >= 0.6 is 0 Å². The summed E-state index contributed by atoms with van der Waals surface area (Å²) >= 11 is 0. The number of benzene rings is 1. The molecule has 0 spiro atoms. The van der Waals surface area contributed by atoms with Crippen LogP contribution in [0.3, 0.4) is 0 Å². The molecule has 0 aliphatic carbocycles. The number of ether oxygens (including phenoxy) is 1. The van der Waals surface area contributed by atoms with Gasteiger partial charge in [0.2, 0.25) is 0 Å². The SMILES string of the molecule is COc1ccc(C(=O)C=CN2CCC[C@H]2CN2CCCC2)cc1. The first-order chi connectivity index (χ1) is 11.3. The molecule has 0 aromatic heterocycles. The Morgan fingerprint density at radius 2 is 1.91 bits per heavy atom. The monoisotopic (exact) mass is 314 g/mol. The molecule has 0 amide bonds. The number of nitrogens with zero attached hydrogens (tertiary/aromatic N) is 2. The molecule has 0 saturated carbocycles. The molecule has 1 aromatic carbocycles. The average Bonchev–Trinajstić information content (AvgIpc) is 3.25. The molecular formula is C19H26N2O2. The molecule has 2 aliphatic rings. The summed E-state index contributed by atoms with van der Waals surface area (Å²) < 4.78 is 5.13. The lowest BCUT2D eigenvalue weighted by molar-refractivity contribution is 0.104. The second-order valence-electron chi connectivity index (χ2n) is 6.45. The Hall–Kier alpha value is -1.81. The molecule has 3 rings (SSSR count). The van der Waals surface area contributed by atoms with E-state index in [1.54, 1.807) is 13.2 Å². The molecule has 2 aliphatic heterocycles. The first-order valence-corrected chi connectivity index (χ1v) is 8.61. The van der Waals surface area contributed by atoms with Crippen molar-refractivity contribution >= 4 is 5.78 Å². The smallest absolute Gasteiger partial charge is 0.187 e. The van der Waals surface area contributed by atoms with Crippen molar-refractivity contribution in [1.29, 1.82) is 0 Å². The fourth-order valence-electron chi connectivity index (χ4n) is 3.53. The summed E-state index contributed by atoms with van der Waals surface area (Å²) in [5, 5.41) is 0. The second-order valence-corrected chi connectivity index (χ2v) is 6.45. The van der Waals surface area contributed by atoms with Gasteiger partial charge < -0.3 is 14.5 Å². The van der Waals surface area contributed by atoms with Gasteiger partial charge in [-0.3, -0.25) is 4.79 Å². The van der Waals surface area contributed by atoms with Gasteiger partial charge in [0, 0.05) is 37.0 Å². The Kier molecular flexibility index (Phi) is 5.34. The molecular weight excluding hydrogens is 288 g/mol. The van der Waals surface area contributed by atoms with Gasteiger partial charge in [-0.15, -0.1) is 0 Å². The second kappa shape index (κ2) is 7.64. The number of carbonyl (C=O) groups is 1. The Balaban J connectivity index is 1.57. The van der Waals surface area contributed by atoms with Gasteiger partial charge in [0.05, 0.1) is 7.11 Å². The lowest BCUT2D eigenvalue weighted by atomic mass is 10.1. The van der Waals surface area contributed by atoms with E-state index < -0.39 is 0 Å². The van der Waals surface area contributed by atoms with E-state index in [-0.39, 0.29) is 5.78 Å². The highest BCUT2D eigenvalue weighted by atomic mass is 16.5. The van der Waals surface area contributed by atoms with Crippen LogP contribution in [0.15, 0.2) is 36.5 Å². The first-order valence-electron chi connectivity index (χ1n) is 8.61. The Labute approximate surface area is 138 Å². The summed E-state index contributed by atoms with van der Waals surface area (Å²) in [6.07, 6.45) is 8.83. The number of hydrogen-bond acceptors (Lipinski definition) is 4. The quantitative estimate of drug-likeness (QED) is 0.597. The van der Waals surface area contributed by atoms with Crippen molar-refractivity contribution in [3.8, 4) is 5.75 Å². The van der Waals surface area contributed by atoms with E-state index in [1.807, 2.05) is 30.5 Å². The minimum Gasteiger partial charge on any atom is -0.497 e. The van der Waals surface area contributed by atoms with Crippen LogP contribution < -0.4 is 4.74 Å². The van der Waals surface area contributed by atoms with Crippen LogP contribution in [0.2, 0.25) is 0 Å². The highest BCUT2D eigenvalue weighted by Crippen LogP contribution is 2.21. The zero-order valence-corrected chi connectivity index (χ0v) is 13.9. The van der Waals surface area contributed by atoms with E-state index in [0.29, 0.717) is 11.6 Å². The number of ketones is 1. The van der Waals surface area contributed by atoms with Gasteiger partial charge in [-0.2, -0.15) is 0 Å². The molecule has 0 radical (unpaired) electrons. The van der Waals surface area contributed by atoms with Gasteiger partial charge >= 0.3 is 0 Å². The van der Waals surface area contributed by atoms with Crippen LogP contribution in [0.25, 0.3) is 0 Å². The van der Waals surface area contributed by atoms with Crippen molar-refractivity contribution in [2.24, 2.45) is 0 Å². The van der Waals surface area contributed by atoms with Crippen LogP contribution in [-0.4, -0.2) is 54.9 Å². The summed E-state index contributed by atoms with van der Waals surface area (Å²) in [5.41, 5.74) is 0.706. The number of rotatable bonds is 6. The van der Waals surface area contributed by atoms with Gasteiger partial charge in [0.15, 0.2) is 5.78 Å². The Morgan fingerprint density at radius 3 is 2.61 bits per heavy atom. The zero-order valence-electron chi connectivity index (χ0n) is 13.9. The number of methoxy groups -OCH3 is 1. The van der Waals surface area contributed by atoms with E-state index in [2.05, 4.69) is 9.80 Å². The maximum Gasteiger partial charge on any atom is 0.187 e. The first kappa shape index (κ1) is 16.1. The lowest BCUT2D eigenvalue weighted by Gasteiger charge is -2.27. The van der Waals surface area contributed by atoms with E-state index in [1.165, 1.54) is 38.8 Å². The molecule has 0 unspecified atom stereocenters. The third kappa shape index (κ3) is 4.14. The van der Waals surface area contributed by atoms with Crippen molar-refractivity contribution < 1.29 is 9.53 Å². The largest absolute Gasteiger partial charge is 0.497 e. The number of carbonyl (C=O) groups excluding carboxylic acids is 1. The average molecular weight is 314 g/mol. The highest BCUT2D eigenvalue weighted by Gasteiger charge is 2.25. The maximum absolute atomic E-state index is 12.3. The van der Waals surface area contributed by atoms with Crippen molar-refractivity contribution in [3.05, 3.63) is 42.1 Å². The van der Waals surface area contributed by atoms with Crippen molar-refractivity contribution in [1.82, 2.24) is 9.80 Å². The molecule has 4 heteroatoms. The summed E-state index contributed by atoms with van der Waals surface area (Å²) in [6.45, 7) is 4.67. The van der Waals surface area contributed by atoms with E-state index in [0.717, 1.165) is 18.8 Å². The molecule has 23 heavy (non-hydrogen) atoms. The van der Waals surface area contributed by atoms with E-state index in [4.69, 9.17) is 4.74 Å². The number of likely N-dealkylation sites (tertiary alicyclic amines) is 2. The molecule has 1 atom stereocenters. The third-order valence-electron chi connectivity index (χ3n) is 4.88. The standard InChI is InChI=1S/C19H26N2O2/c1-23-18-8-6-16(7-9-18)19(22)10-14-21-13-4-5-17(21)15-20-11-2-3-12-20/h6-10,14,17H,2-5,11-13,15H2,1H3/t17-/m0/s1. The molecule has 2 saturated heterocycles. The van der Waals surface area contributed by atoms with Gasteiger partial charge in [-0.25, -0.2) is 0 Å². The van der Waals surface area contributed by atoms with Crippen molar-refractivity contribution in [3.63, 3.8) is 0 Å². The van der Waals surface area contributed by atoms with E-state index >= 15 is 0 Å².